The number of benzene rings is 2. The molecule has 0 fully saturated rings. The third-order valence-electron chi connectivity index (χ3n) is 3.90. The normalized spacial score (nSPS) is 10.9. The lowest BCUT2D eigenvalue weighted by Gasteiger charge is -2.10. The average Bonchev–Trinajstić information content (AvgIpc) is 2.74. The van der Waals surface area contributed by atoms with Crippen molar-refractivity contribution in [2.24, 2.45) is 0 Å². The van der Waals surface area contributed by atoms with Crippen LogP contribution in [-0.2, 0) is 10.0 Å². The van der Waals surface area contributed by atoms with E-state index in [0.29, 0.717) is 5.69 Å². The van der Waals surface area contributed by atoms with Crippen LogP contribution in [0.5, 0.6) is 0 Å². The quantitative estimate of drug-likeness (QED) is 0.262. The van der Waals surface area contributed by atoms with E-state index in [1.165, 1.54) is 48.8 Å². The molecule has 0 spiro atoms. The van der Waals surface area contributed by atoms with Crippen LogP contribution in [0.4, 0.5) is 17.3 Å². The summed E-state index contributed by atoms with van der Waals surface area (Å²) in [6, 6.07) is 11.0. The second-order valence-electron chi connectivity index (χ2n) is 5.99. The third kappa shape index (κ3) is 5.65. The Balaban J connectivity index is 1.56. The third-order valence-corrected chi connectivity index (χ3v) is 5.55. The number of carbonyl (C=O) groups excluding carboxylic acids is 1. The van der Waals surface area contributed by atoms with Crippen molar-refractivity contribution in [1.29, 1.82) is 0 Å². The van der Waals surface area contributed by atoms with Gasteiger partial charge in [0.2, 0.25) is 5.95 Å². The second-order valence-corrected chi connectivity index (χ2v) is 8.07. The standard InChI is InChI=1S/C18H15ClN6O5S/c19-15-10-12(2-7-16(15)25(27)28)17(26)23-11-22-13-3-5-14(6-4-13)31(29,30)24-18-20-8-1-9-21-18/h1-10,22H,11H2,(H,23,26)(H,20,21,24). The Hall–Kier alpha value is -3.77. The number of anilines is 2. The molecule has 1 heterocycles. The molecular formula is C18H15ClN6O5S. The van der Waals surface area contributed by atoms with E-state index >= 15 is 0 Å². The Bertz CT molecular complexity index is 1210. The molecule has 2 aromatic carbocycles. The number of hydrogen-bond acceptors (Lipinski definition) is 8. The van der Waals surface area contributed by atoms with E-state index in [1.54, 1.807) is 6.07 Å². The van der Waals surface area contributed by atoms with E-state index in [9.17, 15) is 23.3 Å². The molecule has 13 heteroatoms. The largest absolute Gasteiger partial charge is 0.368 e. The van der Waals surface area contributed by atoms with Crippen molar-refractivity contribution in [2.75, 3.05) is 16.7 Å². The summed E-state index contributed by atoms with van der Waals surface area (Å²) in [5.41, 5.74) is 0.421. The average molecular weight is 463 g/mol. The van der Waals surface area contributed by atoms with Gasteiger partial charge in [0.15, 0.2) is 0 Å². The van der Waals surface area contributed by atoms with Gasteiger partial charge in [0.25, 0.3) is 21.6 Å². The van der Waals surface area contributed by atoms with E-state index in [-0.39, 0.29) is 33.8 Å². The van der Waals surface area contributed by atoms with Crippen LogP contribution in [0.3, 0.4) is 0 Å². The fourth-order valence-electron chi connectivity index (χ4n) is 2.41. The number of nitro benzene ring substituents is 1. The first-order valence-electron chi connectivity index (χ1n) is 8.62. The van der Waals surface area contributed by atoms with E-state index in [0.717, 1.165) is 6.07 Å². The molecule has 1 aromatic heterocycles. The summed E-state index contributed by atoms with van der Waals surface area (Å²) >= 11 is 5.80. The van der Waals surface area contributed by atoms with Gasteiger partial charge >= 0.3 is 0 Å². The van der Waals surface area contributed by atoms with Crippen LogP contribution in [0.2, 0.25) is 5.02 Å². The van der Waals surface area contributed by atoms with Gasteiger partial charge in [-0.05, 0) is 42.5 Å². The van der Waals surface area contributed by atoms with Crippen molar-refractivity contribution < 1.29 is 18.1 Å². The number of nitrogens with one attached hydrogen (secondary N) is 3. The lowest BCUT2D eigenvalue weighted by atomic mass is 10.2. The zero-order chi connectivity index (χ0) is 22.4. The Morgan fingerprint density at radius 3 is 2.39 bits per heavy atom. The summed E-state index contributed by atoms with van der Waals surface area (Å²) in [6.45, 7) is 0.0235. The van der Waals surface area contributed by atoms with E-state index in [1.807, 2.05) is 0 Å². The van der Waals surface area contributed by atoms with Gasteiger partial charge in [-0.15, -0.1) is 0 Å². The van der Waals surface area contributed by atoms with Crippen LogP contribution in [0.1, 0.15) is 10.4 Å². The van der Waals surface area contributed by atoms with Crippen LogP contribution < -0.4 is 15.4 Å². The van der Waals surface area contributed by atoms with Crippen LogP contribution in [0.25, 0.3) is 0 Å². The van der Waals surface area contributed by atoms with Gasteiger partial charge in [-0.3, -0.25) is 14.9 Å². The highest BCUT2D eigenvalue weighted by atomic mass is 35.5. The van der Waals surface area contributed by atoms with Crippen molar-refractivity contribution in [1.82, 2.24) is 15.3 Å². The van der Waals surface area contributed by atoms with Gasteiger partial charge in [-0.25, -0.2) is 23.1 Å². The Morgan fingerprint density at radius 1 is 1.10 bits per heavy atom. The zero-order valence-electron chi connectivity index (χ0n) is 15.6. The van der Waals surface area contributed by atoms with Crippen LogP contribution in [0, 0.1) is 10.1 Å². The molecule has 160 valence electrons. The van der Waals surface area contributed by atoms with Crippen molar-refractivity contribution in [2.45, 2.75) is 4.90 Å². The van der Waals surface area contributed by atoms with Gasteiger partial charge in [-0.1, -0.05) is 11.6 Å². The molecule has 3 rings (SSSR count). The molecule has 3 N–H and O–H groups in total. The molecule has 0 aliphatic rings. The number of rotatable bonds is 8. The number of aromatic nitrogens is 2. The first-order valence-corrected chi connectivity index (χ1v) is 10.5. The first-order chi connectivity index (χ1) is 14.8. The maximum atomic E-state index is 12.3. The van der Waals surface area contributed by atoms with Gasteiger partial charge in [0.1, 0.15) is 5.02 Å². The van der Waals surface area contributed by atoms with Gasteiger partial charge < -0.3 is 10.6 Å². The Kier molecular flexibility index (Phi) is 6.62. The highest BCUT2D eigenvalue weighted by Crippen LogP contribution is 2.25. The lowest BCUT2D eigenvalue weighted by Crippen LogP contribution is -2.29. The number of halogens is 1. The van der Waals surface area contributed by atoms with Gasteiger partial charge in [-0.2, -0.15) is 0 Å². The molecule has 31 heavy (non-hydrogen) atoms. The maximum Gasteiger partial charge on any atom is 0.287 e. The zero-order valence-corrected chi connectivity index (χ0v) is 17.2. The van der Waals surface area contributed by atoms with Crippen molar-refractivity contribution in [3.05, 3.63) is 81.6 Å². The van der Waals surface area contributed by atoms with Crippen LogP contribution >= 0.6 is 11.6 Å². The molecule has 0 radical (unpaired) electrons. The molecule has 0 bridgehead atoms. The highest BCUT2D eigenvalue weighted by molar-refractivity contribution is 7.92. The molecule has 0 atom stereocenters. The summed E-state index contributed by atoms with van der Waals surface area (Å²) in [5.74, 6) is -0.533. The minimum Gasteiger partial charge on any atom is -0.368 e. The van der Waals surface area contributed by atoms with Gasteiger partial charge in [0.05, 0.1) is 16.5 Å². The molecule has 0 unspecified atom stereocenters. The fraction of sp³-hybridized carbons (Fsp3) is 0.0556. The topological polar surface area (TPSA) is 156 Å². The second kappa shape index (κ2) is 9.36. The van der Waals surface area contributed by atoms with E-state index in [2.05, 4.69) is 25.3 Å². The number of nitro groups is 1. The van der Waals surface area contributed by atoms with E-state index in [4.69, 9.17) is 11.6 Å². The van der Waals surface area contributed by atoms with Crippen molar-refractivity contribution in [3.8, 4) is 0 Å². The lowest BCUT2D eigenvalue weighted by molar-refractivity contribution is -0.384. The van der Waals surface area contributed by atoms with Crippen molar-refractivity contribution in [3.63, 3.8) is 0 Å². The summed E-state index contributed by atoms with van der Waals surface area (Å²) < 4.78 is 27.0. The summed E-state index contributed by atoms with van der Waals surface area (Å²) in [5, 5.41) is 16.1. The predicted molar refractivity (Wildman–Crippen MR) is 113 cm³/mol. The predicted octanol–water partition coefficient (Wildman–Crippen LogP) is 2.64. The van der Waals surface area contributed by atoms with E-state index < -0.39 is 20.9 Å². The fourth-order valence-corrected chi connectivity index (χ4v) is 3.62. The number of nitrogens with zero attached hydrogens (tertiary/aromatic N) is 3. The number of hydrogen-bond donors (Lipinski definition) is 3. The maximum absolute atomic E-state index is 12.3. The van der Waals surface area contributed by atoms with Gasteiger partial charge in [0, 0.05) is 29.7 Å². The Labute approximate surface area is 181 Å². The smallest absolute Gasteiger partial charge is 0.287 e. The number of amides is 1. The molecule has 0 saturated carbocycles. The Morgan fingerprint density at radius 2 is 1.77 bits per heavy atom. The summed E-state index contributed by atoms with van der Waals surface area (Å²) in [7, 11) is -3.85. The molecule has 0 aliphatic heterocycles. The number of carbonyl (C=O) groups is 1. The number of sulfonamides is 1. The first kappa shape index (κ1) is 21.9. The van der Waals surface area contributed by atoms with Crippen LogP contribution in [-0.4, -0.2) is 35.9 Å². The summed E-state index contributed by atoms with van der Waals surface area (Å²) in [4.78, 5) is 29.9. The molecule has 3 aromatic rings. The van der Waals surface area contributed by atoms with Crippen molar-refractivity contribution >= 4 is 44.9 Å². The minimum absolute atomic E-state index is 0.00932. The molecular weight excluding hydrogens is 448 g/mol. The molecule has 1 amide bonds. The molecule has 0 saturated heterocycles. The monoisotopic (exact) mass is 462 g/mol. The SMILES string of the molecule is O=C(NCNc1ccc(S(=O)(=O)Nc2ncccn2)cc1)c1ccc([N+](=O)[O-])c(Cl)c1. The summed E-state index contributed by atoms with van der Waals surface area (Å²) in [6.07, 6.45) is 2.83. The molecule has 0 aliphatic carbocycles. The molecule has 11 nitrogen and oxygen atoms in total. The van der Waals surface area contributed by atoms with Crippen LogP contribution in [0.15, 0.2) is 65.8 Å². The minimum atomic E-state index is -3.85. The highest BCUT2D eigenvalue weighted by Gasteiger charge is 2.16.